The molecule has 0 aliphatic rings. The van der Waals surface area contributed by atoms with Gasteiger partial charge >= 0.3 is 5.97 Å². The van der Waals surface area contributed by atoms with Crippen LogP contribution in [0.1, 0.15) is 38.7 Å². The first-order valence-corrected chi connectivity index (χ1v) is 5.96. The molecule has 100 valence electrons. The fourth-order valence-corrected chi connectivity index (χ4v) is 2.00. The number of phenols is 2. The number of rotatable bonds is 5. The molecule has 1 aromatic rings. The molecule has 0 aliphatic carbocycles. The van der Waals surface area contributed by atoms with Crippen LogP contribution in [0, 0.1) is 0 Å². The lowest BCUT2D eigenvalue weighted by molar-refractivity contribution is -0.140. The van der Waals surface area contributed by atoms with Crippen molar-refractivity contribution in [2.75, 3.05) is 7.11 Å². The summed E-state index contributed by atoms with van der Waals surface area (Å²) in [7, 11) is 1.37. The number of methoxy groups -OCH3 is 1. The summed E-state index contributed by atoms with van der Waals surface area (Å²) in [5.74, 6) is -0.0968. The Balaban J connectivity index is 2.70. The van der Waals surface area contributed by atoms with Gasteiger partial charge in [-0.3, -0.25) is 4.79 Å². The van der Waals surface area contributed by atoms with E-state index in [4.69, 9.17) is 0 Å². The second-order valence-electron chi connectivity index (χ2n) is 5.02. The largest absolute Gasteiger partial charge is 0.508 e. The van der Waals surface area contributed by atoms with Crippen LogP contribution in [0.25, 0.3) is 0 Å². The fraction of sp³-hybridized carbons (Fsp3) is 0.500. The Morgan fingerprint density at radius 1 is 1.33 bits per heavy atom. The van der Waals surface area contributed by atoms with Gasteiger partial charge in [0.05, 0.1) is 7.11 Å². The maximum atomic E-state index is 11.0. The van der Waals surface area contributed by atoms with E-state index in [-0.39, 0.29) is 22.9 Å². The summed E-state index contributed by atoms with van der Waals surface area (Å²) in [5.41, 5.74) is 0.511. The first-order valence-electron chi connectivity index (χ1n) is 5.96. The van der Waals surface area contributed by atoms with Crippen molar-refractivity contribution >= 4 is 5.97 Å². The number of phenolic OH excluding ortho intramolecular Hbond substituents is 2. The molecule has 0 spiro atoms. The van der Waals surface area contributed by atoms with Gasteiger partial charge in [0, 0.05) is 12.5 Å². The summed E-state index contributed by atoms with van der Waals surface area (Å²) in [5, 5.41) is 19.1. The van der Waals surface area contributed by atoms with Gasteiger partial charge in [-0.2, -0.15) is 0 Å². The normalized spacial score (nSPS) is 11.3. The average molecular weight is 252 g/mol. The van der Waals surface area contributed by atoms with Gasteiger partial charge in [0.15, 0.2) is 0 Å². The van der Waals surface area contributed by atoms with E-state index in [0.29, 0.717) is 12.8 Å². The minimum Gasteiger partial charge on any atom is -0.508 e. The molecular formula is C14H20O4. The summed E-state index contributed by atoms with van der Waals surface area (Å²) in [4.78, 5) is 11.0. The van der Waals surface area contributed by atoms with Crippen LogP contribution >= 0.6 is 0 Å². The molecule has 1 rings (SSSR count). The van der Waals surface area contributed by atoms with Crippen LogP contribution in [0.2, 0.25) is 0 Å². The van der Waals surface area contributed by atoms with E-state index in [1.807, 2.05) is 13.8 Å². The molecule has 1 aromatic carbocycles. The Bertz CT molecular complexity index is 424. The van der Waals surface area contributed by atoms with Crippen molar-refractivity contribution < 1.29 is 19.7 Å². The van der Waals surface area contributed by atoms with Crippen LogP contribution in [0.5, 0.6) is 11.5 Å². The highest BCUT2D eigenvalue weighted by Crippen LogP contribution is 2.36. The van der Waals surface area contributed by atoms with E-state index in [1.54, 1.807) is 12.1 Å². The average Bonchev–Trinajstić information content (AvgIpc) is 2.27. The molecule has 0 aromatic heterocycles. The zero-order valence-electron chi connectivity index (χ0n) is 11.1. The van der Waals surface area contributed by atoms with Crippen molar-refractivity contribution in [3.63, 3.8) is 0 Å². The number of carbonyl (C=O) groups excluding carboxylic acids is 1. The minimum atomic E-state index is -0.258. The quantitative estimate of drug-likeness (QED) is 0.791. The lowest BCUT2D eigenvalue weighted by Gasteiger charge is -2.26. The van der Waals surface area contributed by atoms with Gasteiger partial charge < -0.3 is 14.9 Å². The number of hydrogen-bond donors (Lipinski definition) is 2. The first kappa shape index (κ1) is 14.4. The molecule has 2 N–H and O–H groups in total. The highest BCUT2D eigenvalue weighted by molar-refractivity contribution is 5.69. The summed E-state index contributed by atoms with van der Waals surface area (Å²) in [6.07, 6.45) is 1.82. The van der Waals surface area contributed by atoms with E-state index in [0.717, 1.165) is 12.0 Å². The smallest absolute Gasteiger partial charge is 0.305 e. The molecule has 0 aliphatic heterocycles. The van der Waals surface area contributed by atoms with E-state index < -0.39 is 0 Å². The predicted octanol–water partition coefficient (Wildman–Crippen LogP) is 2.72. The van der Waals surface area contributed by atoms with Gasteiger partial charge in [-0.05, 0) is 29.9 Å². The third kappa shape index (κ3) is 3.65. The van der Waals surface area contributed by atoms with Crippen molar-refractivity contribution in [1.29, 1.82) is 0 Å². The summed E-state index contributed by atoms with van der Waals surface area (Å²) < 4.78 is 4.59. The highest BCUT2D eigenvalue weighted by Gasteiger charge is 2.24. The molecule has 4 nitrogen and oxygen atoms in total. The van der Waals surface area contributed by atoms with E-state index >= 15 is 0 Å². The molecular weight excluding hydrogens is 232 g/mol. The zero-order valence-corrected chi connectivity index (χ0v) is 11.1. The van der Waals surface area contributed by atoms with Crippen LogP contribution in [-0.4, -0.2) is 23.3 Å². The van der Waals surface area contributed by atoms with Crippen molar-refractivity contribution in [3.8, 4) is 11.5 Å². The summed E-state index contributed by atoms with van der Waals surface area (Å²) >= 11 is 0. The Morgan fingerprint density at radius 2 is 2.00 bits per heavy atom. The maximum absolute atomic E-state index is 11.0. The number of ether oxygens (including phenoxy) is 1. The molecule has 0 radical (unpaired) electrons. The predicted molar refractivity (Wildman–Crippen MR) is 68.7 cm³/mol. The van der Waals surface area contributed by atoms with Crippen LogP contribution in [-0.2, 0) is 14.9 Å². The van der Waals surface area contributed by atoms with E-state index in [2.05, 4.69) is 4.74 Å². The number of carbonyl (C=O) groups is 1. The highest BCUT2D eigenvalue weighted by atomic mass is 16.5. The van der Waals surface area contributed by atoms with Crippen LogP contribution in [0.3, 0.4) is 0 Å². The van der Waals surface area contributed by atoms with E-state index in [9.17, 15) is 15.0 Å². The third-order valence-electron chi connectivity index (χ3n) is 3.12. The molecule has 0 saturated heterocycles. The zero-order chi connectivity index (χ0) is 13.8. The lowest BCUT2D eigenvalue weighted by Crippen LogP contribution is -2.17. The van der Waals surface area contributed by atoms with Crippen LogP contribution < -0.4 is 0 Å². The number of esters is 1. The van der Waals surface area contributed by atoms with Crippen LogP contribution in [0.15, 0.2) is 18.2 Å². The molecule has 18 heavy (non-hydrogen) atoms. The van der Waals surface area contributed by atoms with Crippen LogP contribution in [0.4, 0.5) is 0 Å². The number of aromatic hydroxyl groups is 2. The Morgan fingerprint density at radius 3 is 2.56 bits per heavy atom. The minimum absolute atomic E-state index is 0.0432. The van der Waals surface area contributed by atoms with Gasteiger partial charge in [-0.25, -0.2) is 0 Å². The Labute approximate surface area is 107 Å². The molecule has 0 amide bonds. The van der Waals surface area contributed by atoms with Gasteiger partial charge in [0.25, 0.3) is 0 Å². The summed E-state index contributed by atoms with van der Waals surface area (Å²) in [6, 6.07) is 4.59. The van der Waals surface area contributed by atoms with Crippen molar-refractivity contribution in [1.82, 2.24) is 0 Å². The third-order valence-corrected chi connectivity index (χ3v) is 3.12. The Kier molecular flexibility index (Phi) is 4.59. The van der Waals surface area contributed by atoms with Crippen molar-refractivity contribution in [3.05, 3.63) is 23.8 Å². The van der Waals surface area contributed by atoms with E-state index in [1.165, 1.54) is 13.2 Å². The maximum Gasteiger partial charge on any atom is 0.305 e. The second-order valence-corrected chi connectivity index (χ2v) is 5.02. The molecule has 0 bridgehead atoms. The molecule has 0 unspecified atom stereocenters. The SMILES string of the molecule is COC(=O)CCCC(C)(C)c1ccc(O)cc1O. The molecule has 4 heteroatoms. The molecule has 0 heterocycles. The Hall–Kier alpha value is -1.71. The van der Waals surface area contributed by atoms with Gasteiger partial charge in [0.2, 0.25) is 0 Å². The first-order chi connectivity index (χ1) is 8.36. The monoisotopic (exact) mass is 252 g/mol. The van der Waals surface area contributed by atoms with Gasteiger partial charge in [-0.15, -0.1) is 0 Å². The summed E-state index contributed by atoms with van der Waals surface area (Å²) in [6.45, 7) is 3.99. The lowest BCUT2D eigenvalue weighted by atomic mass is 9.79. The fourth-order valence-electron chi connectivity index (χ4n) is 2.00. The van der Waals surface area contributed by atoms with Crippen molar-refractivity contribution in [2.24, 2.45) is 0 Å². The number of hydrogen-bond acceptors (Lipinski definition) is 4. The standard InChI is InChI=1S/C14H20O4/c1-14(2,8-4-5-13(17)18-3)11-7-6-10(15)9-12(11)16/h6-7,9,15-16H,4-5,8H2,1-3H3. The van der Waals surface area contributed by atoms with Gasteiger partial charge in [0.1, 0.15) is 11.5 Å². The van der Waals surface area contributed by atoms with Crippen molar-refractivity contribution in [2.45, 2.75) is 38.5 Å². The number of benzene rings is 1. The molecule has 0 saturated carbocycles. The second kappa shape index (κ2) is 5.76. The van der Waals surface area contributed by atoms with Gasteiger partial charge in [-0.1, -0.05) is 19.9 Å². The topological polar surface area (TPSA) is 66.8 Å². The molecule has 0 fully saturated rings. The molecule has 0 atom stereocenters.